The molecule has 0 bridgehead atoms. The maximum Gasteiger partial charge on any atom is 3.00 e. The molecule has 110 valence electrons. The minimum absolute atomic E-state index is 0. The molecule has 3 rings (SSSR count). The van der Waals surface area contributed by atoms with Crippen molar-refractivity contribution in [3.8, 4) is 17.2 Å². The van der Waals surface area contributed by atoms with Gasteiger partial charge in [0.25, 0.3) is 0 Å². The number of hydrogen-bond acceptors (Lipinski definition) is 3. The third-order valence-electron chi connectivity index (χ3n) is 2.23. The van der Waals surface area contributed by atoms with E-state index in [9.17, 15) is 15.3 Å². The van der Waals surface area contributed by atoms with Gasteiger partial charge in [-0.15, -0.1) is 17.2 Å². The van der Waals surface area contributed by atoms with Gasteiger partial charge in [-0.2, -0.15) is 0 Å². The smallest absolute Gasteiger partial charge is 0.872 e. The Bertz CT molecular complexity index is 497. The zero-order valence-corrected chi connectivity index (χ0v) is 12.7. The molecule has 4 heteroatoms. The van der Waals surface area contributed by atoms with Gasteiger partial charge in [0.05, 0.1) is 0 Å². The Kier molecular flexibility index (Phi) is 10.9. The SMILES string of the molecule is [O-]c1ccccc1.[O-]c1ccccc1.[O-]c1ccccc1.[P+3]. The fourth-order valence-electron chi connectivity index (χ4n) is 1.26. The molecule has 0 N–H and O–H groups in total. The molecule has 0 saturated carbocycles. The molecule has 0 aliphatic carbocycles. The Morgan fingerprint density at radius 2 is 0.545 bits per heavy atom. The van der Waals surface area contributed by atoms with E-state index >= 15 is 0 Å². The zero-order chi connectivity index (χ0) is 15.3. The van der Waals surface area contributed by atoms with E-state index in [0.29, 0.717) is 0 Å². The summed E-state index contributed by atoms with van der Waals surface area (Å²) in [4.78, 5) is 0. The van der Waals surface area contributed by atoms with Gasteiger partial charge >= 0.3 is 9.90 Å². The molecular formula is C18H15O3P. The van der Waals surface area contributed by atoms with Gasteiger partial charge in [-0.1, -0.05) is 91.0 Å². The maximum absolute atomic E-state index is 10.3. The van der Waals surface area contributed by atoms with Crippen molar-refractivity contribution in [1.82, 2.24) is 0 Å². The molecule has 3 aromatic carbocycles. The third kappa shape index (κ3) is 10.3. The van der Waals surface area contributed by atoms with Crippen LogP contribution in [0, 0.1) is 0 Å². The summed E-state index contributed by atoms with van der Waals surface area (Å²) in [6, 6.07) is 25.0. The van der Waals surface area contributed by atoms with E-state index in [2.05, 4.69) is 0 Å². The molecule has 22 heavy (non-hydrogen) atoms. The average Bonchev–Trinajstić information content (AvgIpc) is 2.51. The molecule has 3 aromatic rings. The Balaban J connectivity index is 0.000000294. The van der Waals surface area contributed by atoms with Crippen LogP contribution in [0.4, 0.5) is 0 Å². The van der Waals surface area contributed by atoms with Crippen LogP contribution in [-0.4, -0.2) is 0 Å². The molecule has 0 unspecified atom stereocenters. The van der Waals surface area contributed by atoms with Crippen molar-refractivity contribution in [2.75, 3.05) is 0 Å². The van der Waals surface area contributed by atoms with Crippen LogP contribution in [0.1, 0.15) is 0 Å². The summed E-state index contributed by atoms with van der Waals surface area (Å²) in [5.74, 6) is 0.215. The van der Waals surface area contributed by atoms with Crippen molar-refractivity contribution in [3.63, 3.8) is 0 Å². The van der Waals surface area contributed by atoms with E-state index in [-0.39, 0.29) is 27.1 Å². The van der Waals surface area contributed by atoms with E-state index in [4.69, 9.17) is 0 Å². The molecule has 0 aliphatic rings. The normalized spacial score (nSPS) is 8.18. The Hall–Kier alpha value is -2.51. The largest absolute Gasteiger partial charge is 3.00 e. The van der Waals surface area contributed by atoms with Gasteiger partial charge in [-0.05, 0) is 0 Å². The van der Waals surface area contributed by atoms with Gasteiger partial charge in [-0.25, -0.2) is 0 Å². The molecule has 0 saturated heterocycles. The molecule has 2 radical (unpaired) electrons. The first-order valence-corrected chi connectivity index (χ1v) is 6.34. The molecular weight excluding hydrogens is 295 g/mol. The number of hydrogen-bond donors (Lipinski definition) is 0. The van der Waals surface area contributed by atoms with Crippen LogP contribution in [0.15, 0.2) is 91.0 Å². The summed E-state index contributed by atoms with van der Waals surface area (Å²) < 4.78 is 0. The van der Waals surface area contributed by atoms with Crippen molar-refractivity contribution in [2.24, 2.45) is 0 Å². The summed E-state index contributed by atoms with van der Waals surface area (Å²) in [6.07, 6.45) is 0. The number of rotatable bonds is 0. The molecule has 0 fully saturated rings. The Morgan fingerprint density at radius 3 is 0.636 bits per heavy atom. The minimum atomic E-state index is 0. The van der Waals surface area contributed by atoms with Crippen molar-refractivity contribution in [2.45, 2.75) is 0 Å². The van der Waals surface area contributed by atoms with Crippen molar-refractivity contribution < 1.29 is 15.3 Å². The second-order valence-corrected chi connectivity index (χ2v) is 3.94. The van der Waals surface area contributed by atoms with Gasteiger partial charge in [0.2, 0.25) is 0 Å². The minimum Gasteiger partial charge on any atom is -0.872 e. The molecule has 3 nitrogen and oxygen atoms in total. The topological polar surface area (TPSA) is 69.2 Å². The molecule has 0 aromatic heterocycles. The molecule has 0 heterocycles. The Morgan fingerprint density at radius 1 is 0.364 bits per heavy atom. The van der Waals surface area contributed by atoms with Crippen LogP contribution < -0.4 is 15.3 Å². The van der Waals surface area contributed by atoms with Crippen molar-refractivity contribution >= 4 is 9.90 Å². The summed E-state index contributed by atoms with van der Waals surface area (Å²) >= 11 is 0. The monoisotopic (exact) mass is 310 g/mol. The van der Waals surface area contributed by atoms with E-state index in [1.54, 1.807) is 36.4 Å². The predicted molar refractivity (Wildman–Crippen MR) is 84.6 cm³/mol. The first-order valence-electron chi connectivity index (χ1n) is 6.34. The Labute approximate surface area is 134 Å². The van der Waals surface area contributed by atoms with E-state index < -0.39 is 0 Å². The summed E-state index contributed by atoms with van der Waals surface area (Å²) in [5.41, 5.74) is 0. The fourth-order valence-corrected chi connectivity index (χ4v) is 1.26. The van der Waals surface area contributed by atoms with Gasteiger partial charge < -0.3 is 15.3 Å². The summed E-state index contributed by atoms with van der Waals surface area (Å²) in [7, 11) is 0. The first kappa shape index (κ1) is 19.5. The first-order chi connectivity index (χ1) is 10.2. The average molecular weight is 310 g/mol. The van der Waals surface area contributed by atoms with Crippen LogP contribution in [0.5, 0.6) is 17.2 Å². The zero-order valence-electron chi connectivity index (χ0n) is 11.8. The van der Waals surface area contributed by atoms with Crippen molar-refractivity contribution in [1.29, 1.82) is 0 Å². The van der Waals surface area contributed by atoms with Gasteiger partial charge in [-0.3, -0.25) is 0 Å². The van der Waals surface area contributed by atoms with Gasteiger partial charge in [0, 0.05) is 0 Å². The molecule has 0 atom stereocenters. The molecule has 0 amide bonds. The standard InChI is InChI=1S/3C6H6O.P/c3*7-6-4-2-1-3-5-6;/h3*1-5,7H;/q;;;+3/p-3. The van der Waals surface area contributed by atoms with Crippen molar-refractivity contribution in [3.05, 3.63) is 91.0 Å². The van der Waals surface area contributed by atoms with Crippen LogP contribution in [0.3, 0.4) is 0 Å². The van der Waals surface area contributed by atoms with Crippen LogP contribution in [0.25, 0.3) is 0 Å². The quantitative estimate of drug-likeness (QED) is 0.599. The third-order valence-corrected chi connectivity index (χ3v) is 2.23. The van der Waals surface area contributed by atoms with Gasteiger partial charge in [0.1, 0.15) is 0 Å². The van der Waals surface area contributed by atoms with E-state index in [0.717, 1.165) is 0 Å². The number of para-hydroxylation sites is 3. The van der Waals surface area contributed by atoms with Crippen LogP contribution in [0.2, 0.25) is 0 Å². The maximum atomic E-state index is 10.3. The van der Waals surface area contributed by atoms with Crippen LogP contribution >= 0.6 is 9.90 Å². The molecule has 0 aliphatic heterocycles. The second-order valence-electron chi connectivity index (χ2n) is 3.94. The van der Waals surface area contributed by atoms with E-state index in [1.807, 2.05) is 18.2 Å². The number of benzene rings is 3. The summed E-state index contributed by atoms with van der Waals surface area (Å²) in [5, 5.41) is 30.8. The molecule has 0 spiro atoms. The van der Waals surface area contributed by atoms with Gasteiger partial charge in [0.15, 0.2) is 0 Å². The second kappa shape index (κ2) is 12.2. The fraction of sp³-hybridized carbons (Fsp3) is 0. The van der Waals surface area contributed by atoms with Crippen LogP contribution in [-0.2, 0) is 0 Å². The summed E-state index contributed by atoms with van der Waals surface area (Å²) in [6.45, 7) is 0. The predicted octanol–water partition coefficient (Wildman–Crippen LogP) is 3.14. The van der Waals surface area contributed by atoms with E-state index in [1.165, 1.54) is 36.4 Å².